The highest BCUT2D eigenvalue weighted by Gasteiger charge is 2.57. The Morgan fingerprint density at radius 3 is 2.00 bits per heavy atom. The van der Waals surface area contributed by atoms with E-state index < -0.39 is 0 Å². The molecule has 0 aromatic heterocycles. The Morgan fingerprint density at radius 1 is 1.00 bits per heavy atom. The van der Waals surface area contributed by atoms with Crippen molar-refractivity contribution in [3.05, 3.63) is 12.2 Å². The quantitative estimate of drug-likeness (QED) is 0.479. The second-order valence-corrected chi connectivity index (χ2v) is 5.84. The molecule has 2 unspecified atom stereocenters. The first kappa shape index (κ1) is 7.17. The Kier molecular flexibility index (Phi) is 1.08. The molecule has 0 radical (unpaired) electrons. The summed E-state index contributed by atoms with van der Waals surface area (Å²) < 4.78 is 0. The van der Waals surface area contributed by atoms with E-state index in [4.69, 9.17) is 0 Å². The zero-order chi connectivity index (χ0) is 8.40. The summed E-state index contributed by atoms with van der Waals surface area (Å²) in [4.78, 5) is 0. The molecule has 4 bridgehead atoms. The van der Waals surface area contributed by atoms with Crippen molar-refractivity contribution in [1.29, 1.82) is 0 Å². The van der Waals surface area contributed by atoms with E-state index in [1.807, 2.05) is 0 Å². The van der Waals surface area contributed by atoms with Gasteiger partial charge in [0.2, 0.25) is 0 Å². The van der Waals surface area contributed by atoms with Gasteiger partial charge < -0.3 is 0 Å². The second kappa shape index (κ2) is 1.81. The van der Waals surface area contributed by atoms with Gasteiger partial charge in [0, 0.05) is 0 Å². The third kappa shape index (κ3) is 0.654. The van der Waals surface area contributed by atoms with E-state index in [0.29, 0.717) is 10.8 Å². The van der Waals surface area contributed by atoms with E-state index in [2.05, 4.69) is 26.0 Å². The summed E-state index contributed by atoms with van der Waals surface area (Å²) in [7, 11) is 0. The van der Waals surface area contributed by atoms with E-state index in [0.717, 1.165) is 11.8 Å². The molecule has 4 atom stereocenters. The second-order valence-electron chi connectivity index (χ2n) is 5.84. The smallest absolute Gasteiger partial charge is 0.0125 e. The van der Waals surface area contributed by atoms with Gasteiger partial charge in [0.1, 0.15) is 0 Å². The van der Waals surface area contributed by atoms with Crippen molar-refractivity contribution in [3.8, 4) is 0 Å². The van der Waals surface area contributed by atoms with Crippen LogP contribution in [0.3, 0.4) is 0 Å². The first-order valence-electron chi connectivity index (χ1n) is 5.31. The fourth-order valence-electron chi connectivity index (χ4n) is 4.32. The maximum Gasteiger partial charge on any atom is -0.0125 e. The van der Waals surface area contributed by atoms with Gasteiger partial charge in [0.15, 0.2) is 0 Å². The molecule has 0 amide bonds. The number of hydrogen-bond acceptors (Lipinski definition) is 0. The summed E-state index contributed by atoms with van der Waals surface area (Å²) >= 11 is 0. The number of rotatable bonds is 0. The molecule has 0 saturated heterocycles. The molecule has 0 N–H and O–H groups in total. The van der Waals surface area contributed by atoms with Crippen LogP contribution in [0.1, 0.15) is 39.5 Å². The van der Waals surface area contributed by atoms with Crippen LogP contribution in [0.2, 0.25) is 0 Å². The van der Waals surface area contributed by atoms with Crippen LogP contribution in [-0.4, -0.2) is 0 Å². The minimum absolute atomic E-state index is 0.687. The van der Waals surface area contributed by atoms with Crippen LogP contribution < -0.4 is 0 Å². The van der Waals surface area contributed by atoms with Gasteiger partial charge in [0.05, 0.1) is 0 Å². The predicted molar refractivity (Wildman–Crippen MR) is 50.8 cm³/mol. The van der Waals surface area contributed by atoms with E-state index >= 15 is 0 Å². The third-order valence-electron chi connectivity index (χ3n) is 4.80. The van der Waals surface area contributed by atoms with Gasteiger partial charge >= 0.3 is 0 Å². The Bertz CT molecular complexity index is 233. The Hall–Kier alpha value is -0.260. The minimum atomic E-state index is 0.687. The summed E-state index contributed by atoms with van der Waals surface area (Å²) in [5.41, 5.74) is 1.37. The molecule has 0 spiro atoms. The molecule has 0 aromatic carbocycles. The average Bonchev–Trinajstić information content (AvgIpc) is 2.19. The maximum absolute atomic E-state index is 2.53. The molecule has 4 rings (SSSR count). The molecule has 66 valence electrons. The molecular weight excluding hydrogens is 144 g/mol. The maximum atomic E-state index is 2.53. The van der Waals surface area contributed by atoms with Gasteiger partial charge in [-0.25, -0.2) is 0 Å². The van der Waals surface area contributed by atoms with Crippen molar-refractivity contribution in [2.75, 3.05) is 0 Å². The van der Waals surface area contributed by atoms with Crippen molar-refractivity contribution in [2.45, 2.75) is 39.5 Å². The summed E-state index contributed by atoms with van der Waals surface area (Å²) in [6.45, 7) is 5.02. The molecule has 0 nitrogen and oxygen atoms in total. The molecule has 0 heteroatoms. The predicted octanol–water partition coefficient (Wildman–Crippen LogP) is 3.39. The molecule has 0 aromatic rings. The lowest BCUT2D eigenvalue weighted by Crippen LogP contribution is -2.41. The summed E-state index contributed by atoms with van der Waals surface area (Å²) in [5, 5.41) is 0. The van der Waals surface area contributed by atoms with Crippen LogP contribution in [-0.2, 0) is 0 Å². The lowest BCUT2D eigenvalue weighted by Gasteiger charge is -2.49. The number of allylic oxidation sites excluding steroid dienone is 2. The zero-order valence-electron chi connectivity index (χ0n) is 8.14. The topological polar surface area (TPSA) is 0 Å². The molecule has 2 fully saturated rings. The highest BCUT2D eigenvalue weighted by molar-refractivity contribution is 5.20. The van der Waals surface area contributed by atoms with Gasteiger partial charge in [-0.05, 0) is 48.3 Å². The molecule has 12 heavy (non-hydrogen) atoms. The first-order valence-corrected chi connectivity index (χ1v) is 5.31. The van der Waals surface area contributed by atoms with Crippen LogP contribution >= 0.6 is 0 Å². The summed E-state index contributed by atoms with van der Waals surface area (Å²) in [5.74, 6) is 1.84. The SMILES string of the molecule is C[C@@]12CC[C@]3(C)CC(C=CC13)C2. The van der Waals surface area contributed by atoms with Crippen LogP contribution in [0.15, 0.2) is 12.2 Å². The number of hydrogen-bond donors (Lipinski definition) is 0. The summed E-state index contributed by atoms with van der Waals surface area (Å²) in [6.07, 6.45) is 10.9. The summed E-state index contributed by atoms with van der Waals surface area (Å²) in [6, 6.07) is 0. The van der Waals surface area contributed by atoms with Gasteiger partial charge in [0.25, 0.3) is 0 Å². The van der Waals surface area contributed by atoms with E-state index in [9.17, 15) is 0 Å². The van der Waals surface area contributed by atoms with Crippen molar-refractivity contribution < 1.29 is 0 Å². The van der Waals surface area contributed by atoms with Crippen LogP contribution in [0, 0.1) is 22.7 Å². The monoisotopic (exact) mass is 162 g/mol. The molecule has 2 saturated carbocycles. The zero-order valence-corrected chi connectivity index (χ0v) is 8.14. The first-order chi connectivity index (χ1) is 5.62. The van der Waals surface area contributed by atoms with Crippen molar-refractivity contribution >= 4 is 0 Å². The lowest BCUT2D eigenvalue weighted by atomic mass is 9.55. The Balaban J connectivity index is 2.13. The average molecular weight is 162 g/mol. The van der Waals surface area contributed by atoms with E-state index in [1.54, 1.807) is 0 Å². The fraction of sp³-hybridized carbons (Fsp3) is 0.833. The Labute approximate surface area is 75.0 Å². The van der Waals surface area contributed by atoms with Gasteiger partial charge in [-0.15, -0.1) is 0 Å². The van der Waals surface area contributed by atoms with E-state index in [1.165, 1.54) is 25.7 Å². The standard InChI is InChI=1S/C12H18/c1-11-5-6-12(2)8-9(7-11)3-4-10(11)12/h3-4,9-10H,5-8H2,1-2H3/t9?,10?,11-,12+. The van der Waals surface area contributed by atoms with Crippen molar-refractivity contribution in [1.82, 2.24) is 0 Å². The van der Waals surface area contributed by atoms with Gasteiger partial charge in [-0.3, -0.25) is 0 Å². The van der Waals surface area contributed by atoms with Gasteiger partial charge in [-0.2, -0.15) is 0 Å². The highest BCUT2D eigenvalue weighted by Crippen LogP contribution is 2.66. The van der Waals surface area contributed by atoms with Crippen LogP contribution in [0.25, 0.3) is 0 Å². The fourth-order valence-corrected chi connectivity index (χ4v) is 4.32. The highest BCUT2D eigenvalue weighted by atomic mass is 14.6. The molecule has 0 aliphatic heterocycles. The van der Waals surface area contributed by atoms with Crippen molar-refractivity contribution in [3.63, 3.8) is 0 Å². The molecule has 4 aliphatic carbocycles. The Morgan fingerprint density at radius 2 is 1.58 bits per heavy atom. The molecular formula is C12H18. The van der Waals surface area contributed by atoms with Gasteiger partial charge in [-0.1, -0.05) is 26.0 Å². The largest absolute Gasteiger partial charge is 0.0851 e. The third-order valence-corrected chi connectivity index (χ3v) is 4.80. The van der Waals surface area contributed by atoms with Crippen LogP contribution in [0.5, 0.6) is 0 Å². The van der Waals surface area contributed by atoms with Crippen LogP contribution in [0.4, 0.5) is 0 Å². The normalized spacial score (nSPS) is 61.2. The molecule has 0 heterocycles. The lowest BCUT2D eigenvalue weighted by molar-refractivity contribution is 0.0575. The van der Waals surface area contributed by atoms with Crippen molar-refractivity contribution in [2.24, 2.45) is 22.7 Å². The van der Waals surface area contributed by atoms with E-state index in [-0.39, 0.29) is 0 Å². The molecule has 4 aliphatic rings. The minimum Gasteiger partial charge on any atom is -0.0851 e.